The van der Waals surface area contributed by atoms with Crippen LogP contribution in [0.4, 0.5) is 5.69 Å². The van der Waals surface area contributed by atoms with Crippen molar-refractivity contribution in [3.63, 3.8) is 0 Å². The van der Waals surface area contributed by atoms with Crippen LogP contribution in [-0.4, -0.2) is 39.3 Å². The number of nitro benzene ring substituents is 1. The monoisotopic (exact) mass is 399 g/mol. The second-order valence-electron chi connectivity index (χ2n) is 6.97. The minimum atomic E-state index is -0.552. The number of amides is 1. The summed E-state index contributed by atoms with van der Waals surface area (Å²) in [5.41, 5.74) is 0.593. The second-order valence-corrected chi connectivity index (χ2v) is 7.91. The number of carbonyl (C=O) groups is 1. The van der Waals surface area contributed by atoms with Crippen LogP contribution < -0.4 is 4.74 Å². The number of thioether (sulfide) groups is 1. The quantitative estimate of drug-likeness (QED) is 0.557. The molecule has 0 N–H and O–H groups in total. The Hall–Kier alpha value is -2.87. The lowest BCUT2D eigenvalue weighted by molar-refractivity contribution is -0.385. The van der Waals surface area contributed by atoms with Crippen LogP contribution in [0.3, 0.4) is 0 Å². The van der Waals surface area contributed by atoms with Crippen molar-refractivity contribution in [1.29, 1.82) is 0 Å². The molecule has 0 saturated carbocycles. The Morgan fingerprint density at radius 3 is 2.64 bits per heavy atom. The summed E-state index contributed by atoms with van der Waals surface area (Å²) in [4.78, 5) is 30.2. The van der Waals surface area contributed by atoms with Gasteiger partial charge in [0.2, 0.25) is 0 Å². The van der Waals surface area contributed by atoms with Crippen molar-refractivity contribution in [3.05, 3.63) is 69.8 Å². The first-order valence-electron chi connectivity index (χ1n) is 8.71. The molecule has 2 aromatic carbocycles. The molecule has 2 aromatic rings. The zero-order valence-electron chi connectivity index (χ0n) is 15.9. The highest BCUT2D eigenvalue weighted by molar-refractivity contribution is 8.14. The van der Waals surface area contributed by atoms with Crippen LogP contribution in [0.25, 0.3) is 0 Å². The van der Waals surface area contributed by atoms with Gasteiger partial charge in [-0.05, 0) is 31.5 Å². The van der Waals surface area contributed by atoms with Crippen molar-refractivity contribution >= 4 is 28.5 Å². The first-order chi connectivity index (χ1) is 13.3. The minimum absolute atomic E-state index is 0.120. The Bertz CT molecular complexity index is 928. The van der Waals surface area contributed by atoms with E-state index in [4.69, 9.17) is 4.74 Å². The largest absolute Gasteiger partial charge is 0.490 e. The van der Waals surface area contributed by atoms with Crippen LogP contribution in [0.2, 0.25) is 0 Å². The molecule has 0 spiro atoms. The molecule has 1 fully saturated rings. The summed E-state index contributed by atoms with van der Waals surface area (Å²) in [7, 11) is 1.36. The van der Waals surface area contributed by atoms with Gasteiger partial charge in [0.25, 0.3) is 5.91 Å². The lowest BCUT2D eigenvalue weighted by Crippen LogP contribution is -2.46. The zero-order valence-corrected chi connectivity index (χ0v) is 16.7. The molecule has 1 aliphatic rings. The third kappa shape index (κ3) is 4.01. The van der Waals surface area contributed by atoms with Crippen molar-refractivity contribution in [2.24, 2.45) is 4.99 Å². The molecule has 0 atom stereocenters. The van der Waals surface area contributed by atoms with E-state index < -0.39 is 10.5 Å². The predicted octanol–water partition coefficient (Wildman–Crippen LogP) is 4.13. The van der Waals surface area contributed by atoms with E-state index in [9.17, 15) is 14.9 Å². The number of hydrogen-bond acceptors (Lipinski definition) is 6. The first kappa shape index (κ1) is 19.9. The highest BCUT2D eigenvalue weighted by atomic mass is 32.2. The van der Waals surface area contributed by atoms with Crippen LogP contribution in [0.15, 0.2) is 53.5 Å². The maximum Gasteiger partial charge on any atom is 0.311 e. The highest BCUT2D eigenvalue weighted by Crippen LogP contribution is 2.36. The molecule has 1 heterocycles. The van der Waals surface area contributed by atoms with E-state index in [1.807, 2.05) is 44.2 Å². The Kier molecular flexibility index (Phi) is 5.69. The Morgan fingerprint density at radius 2 is 2.00 bits per heavy atom. The number of hydrogen-bond donors (Lipinski definition) is 0. The molecule has 8 heteroatoms. The fourth-order valence-electron chi connectivity index (χ4n) is 2.94. The smallest absolute Gasteiger partial charge is 0.311 e. The summed E-state index contributed by atoms with van der Waals surface area (Å²) in [6, 6.07) is 14.0. The van der Waals surface area contributed by atoms with Crippen molar-refractivity contribution < 1.29 is 14.5 Å². The molecule has 1 saturated heterocycles. The topological polar surface area (TPSA) is 85.0 Å². The number of nitro groups is 1. The van der Waals surface area contributed by atoms with E-state index in [0.29, 0.717) is 17.5 Å². The Balaban J connectivity index is 1.93. The van der Waals surface area contributed by atoms with E-state index >= 15 is 0 Å². The summed E-state index contributed by atoms with van der Waals surface area (Å²) in [5, 5.41) is 11.9. The maximum absolute atomic E-state index is 13.2. The lowest BCUT2D eigenvalue weighted by atomic mass is 10.0. The summed E-state index contributed by atoms with van der Waals surface area (Å²) >= 11 is 1.51. The van der Waals surface area contributed by atoms with Gasteiger partial charge in [-0.25, -0.2) is 0 Å². The molecule has 0 aromatic heterocycles. The van der Waals surface area contributed by atoms with Crippen molar-refractivity contribution in [1.82, 2.24) is 4.90 Å². The van der Waals surface area contributed by atoms with Gasteiger partial charge in [0.15, 0.2) is 10.9 Å². The fraction of sp³-hybridized carbons (Fsp3) is 0.300. The van der Waals surface area contributed by atoms with E-state index in [1.54, 1.807) is 11.0 Å². The minimum Gasteiger partial charge on any atom is -0.490 e. The molecule has 28 heavy (non-hydrogen) atoms. The van der Waals surface area contributed by atoms with Gasteiger partial charge in [-0.3, -0.25) is 24.8 Å². The van der Waals surface area contributed by atoms with Gasteiger partial charge in [0.05, 0.1) is 24.1 Å². The van der Waals surface area contributed by atoms with Crippen molar-refractivity contribution in [3.8, 4) is 5.75 Å². The molecule has 3 rings (SSSR count). The number of amidine groups is 1. The van der Waals surface area contributed by atoms with Crippen LogP contribution >= 0.6 is 11.8 Å². The Labute approximate surface area is 167 Å². The lowest BCUT2D eigenvalue weighted by Gasteiger charge is -2.30. The molecule has 146 valence electrons. The average Bonchev–Trinajstić information content (AvgIpc) is 3.00. The Morgan fingerprint density at radius 1 is 1.29 bits per heavy atom. The number of benzene rings is 2. The standard InChI is InChI=1S/C20H21N3O4S/c1-20(2)13-28-19(21-12-14-7-5-4-6-8-14)22(20)18(24)15-9-10-17(27-3)16(11-15)23(25)26/h4-11H,12-13H2,1-3H3. The summed E-state index contributed by atoms with van der Waals surface area (Å²) < 4.78 is 5.02. The molecule has 0 aliphatic carbocycles. The number of nitrogens with zero attached hydrogens (tertiary/aromatic N) is 3. The van der Waals surface area contributed by atoms with Crippen molar-refractivity contribution in [2.45, 2.75) is 25.9 Å². The third-order valence-electron chi connectivity index (χ3n) is 4.42. The van der Waals surface area contributed by atoms with E-state index in [2.05, 4.69) is 4.99 Å². The molecular formula is C20H21N3O4S. The number of methoxy groups -OCH3 is 1. The van der Waals surface area contributed by atoms with Crippen LogP contribution in [-0.2, 0) is 6.54 Å². The fourth-order valence-corrected chi connectivity index (χ4v) is 4.17. The van der Waals surface area contributed by atoms with Gasteiger partial charge in [-0.1, -0.05) is 42.1 Å². The molecule has 0 bridgehead atoms. The molecule has 1 amide bonds. The van der Waals surface area contributed by atoms with Crippen LogP contribution in [0, 0.1) is 10.1 Å². The molecule has 1 aliphatic heterocycles. The molecule has 7 nitrogen and oxygen atoms in total. The summed E-state index contributed by atoms with van der Waals surface area (Å²) in [6.45, 7) is 4.38. The van der Waals surface area contributed by atoms with Gasteiger partial charge in [0.1, 0.15) is 0 Å². The van der Waals surface area contributed by atoms with Gasteiger partial charge in [-0.2, -0.15) is 0 Å². The number of aliphatic imine (C=N–C) groups is 1. The van der Waals surface area contributed by atoms with Crippen molar-refractivity contribution in [2.75, 3.05) is 12.9 Å². The van der Waals surface area contributed by atoms with Gasteiger partial charge in [0, 0.05) is 17.4 Å². The van der Waals surface area contributed by atoms with Crippen LogP contribution in [0.5, 0.6) is 5.75 Å². The number of rotatable bonds is 5. The van der Waals surface area contributed by atoms with Gasteiger partial charge >= 0.3 is 5.69 Å². The van der Waals surface area contributed by atoms with Gasteiger partial charge < -0.3 is 4.74 Å². The molecule has 0 radical (unpaired) electrons. The second kappa shape index (κ2) is 8.02. The first-order valence-corrected chi connectivity index (χ1v) is 9.70. The zero-order chi connectivity index (χ0) is 20.3. The molecular weight excluding hydrogens is 378 g/mol. The van der Waals surface area contributed by atoms with Crippen LogP contribution in [0.1, 0.15) is 29.8 Å². The van der Waals surface area contributed by atoms with E-state index in [0.717, 1.165) is 5.56 Å². The predicted molar refractivity (Wildman–Crippen MR) is 110 cm³/mol. The number of ether oxygens (including phenoxy) is 1. The van der Waals surface area contributed by atoms with E-state index in [-0.39, 0.29) is 22.9 Å². The van der Waals surface area contributed by atoms with Gasteiger partial charge in [-0.15, -0.1) is 0 Å². The summed E-state index contributed by atoms with van der Waals surface area (Å²) in [6.07, 6.45) is 0. The molecule has 0 unspecified atom stereocenters. The SMILES string of the molecule is COc1ccc(C(=O)N2C(=NCc3ccccc3)SCC2(C)C)cc1[N+](=O)[O-]. The maximum atomic E-state index is 13.2. The highest BCUT2D eigenvalue weighted by Gasteiger charge is 2.42. The van der Waals surface area contributed by atoms with E-state index in [1.165, 1.54) is 31.0 Å². The average molecular weight is 399 g/mol. The number of carbonyl (C=O) groups excluding carboxylic acids is 1. The normalized spacial score (nSPS) is 17.0. The third-order valence-corrected chi connectivity index (χ3v) is 5.84. The summed E-state index contributed by atoms with van der Waals surface area (Å²) in [5.74, 6) is 0.507.